The Bertz CT molecular complexity index is 941. The van der Waals surface area contributed by atoms with Gasteiger partial charge in [0.25, 0.3) is 0 Å². The zero-order valence-electron chi connectivity index (χ0n) is 17.2. The molecule has 0 radical (unpaired) electrons. The van der Waals surface area contributed by atoms with E-state index < -0.39 is 10.0 Å². The van der Waals surface area contributed by atoms with E-state index in [4.69, 9.17) is 14.2 Å². The highest BCUT2D eigenvalue weighted by molar-refractivity contribution is 7.89. The molecule has 0 bridgehead atoms. The third kappa shape index (κ3) is 7.53. The highest BCUT2D eigenvalue weighted by Gasteiger charge is 2.10. The number of rotatable bonds is 8. The van der Waals surface area contributed by atoms with Gasteiger partial charge < -0.3 is 19.5 Å². The van der Waals surface area contributed by atoms with E-state index in [-0.39, 0.29) is 18.6 Å². The molecule has 2 N–H and O–H groups in total. The lowest BCUT2D eigenvalue weighted by molar-refractivity contribution is 0.242. The van der Waals surface area contributed by atoms with Gasteiger partial charge in [0, 0.05) is 11.8 Å². The molecule has 8 nitrogen and oxygen atoms in total. The van der Waals surface area contributed by atoms with Crippen LogP contribution in [0.5, 0.6) is 17.2 Å². The van der Waals surface area contributed by atoms with Crippen molar-refractivity contribution in [3.8, 4) is 17.2 Å². The van der Waals surface area contributed by atoms with E-state index in [1.807, 2.05) is 38.1 Å². The Hall–Kier alpha value is -2.94. The number of nitrogens with zero attached hydrogens (tertiary/aromatic N) is 1. The van der Waals surface area contributed by atoms with Gasteiger partial charge in [0.15, 0.2) is 11.5 Å². The SMILES string of the molecule is COc1ccc(NC(=NCc2ccc(OC(C)C)cc2)NS(C)(=O)=O)cc1OC. The molecule has 0 fully saturated rings. The van der Waals surface area contributed by atoms with E-state index >= 15 is 0 Å². The van der Waals surface area contributed by atoms with Gasteiger partial charge in [0.1, 0.15) is 5.75 Å². The summed E-state index contributed by atoms with van der Waals surface area (Å²) in [6.07, 6.45) is 1.16. The van der Waals surface area contributed by atoms with Gasteiger partial charge in [-0.2, -0.15) is 0 Å². The minimum absolute atomic E-state index is 0.0927. The molecular weight excluding hydrogens is 394 g/mol. The van der Waals surface area contributed by atoms with Crippen LogP contribution < -0.4 is 24.2 Å². The first kappa shape index (κ1) is 22.4. The fourth-order valence-electron chi connectivity index (χ4n) is 2.44. The molecule has 0 aliphatic carbocycles. The predicted octanol–water partition coefficient (Wildman–Crippen LogP) is 3.01. The monoisotopic (exact) mass is 421 g/mol. The second-order valence-corrected chi connectivity index (χ2v) is 8.29. The van der Waals surface area contributed by atoms with E-state index in [0.29, 0.717) is 17.2 Å². The summed E-state index contributed by atoms with van der Waals surface area (Å²) >= 11 is 0. The standard InChI is InChI=1S/C20H27N3O5S/c1-14(2)28-17-9-6-15(7-10-17)13-21-20(23-29(5,24)25)22-16-8-11-18(26-3)19(12-16)27-4/h6-12,14H,13H2,1-5H3,(H2,21,22,23). The molecule has 9 heteroatoms. The third-order valence-electron chi connectivity index (χ3n) is 3.64. The number of methoxy groups -OCH3 is 2. The lowest BCUT2D eigenvalue weighted by Gasteiger charge is -2.14. The topological polar surface area (TPSA) is 98.2 Å². The Morgan fingerprint density at radius 3 is 2.24 bits per heavy atom. The van der Waals surface area contributed by atoms with Gasteiger partial charge in [0.2, 0.25) is 16.0 Å². The van der Waals surface area contributed by atoms with Crippen molar-refractivity contribution in [1.82, 2.24) is 4.72 Å². The van der Waals surface area contributed by atoms with E-state index in [1.54, 1.807) is 25.3 Å². The Labute approximate surface area is 172 Å². The summed E-state index contributed by atoms with van der Waals surface area (Å²) in [4.78, 5) is 4.37. The van der Waals surface area contributed by atoms with Crippen molar-refractivity contribution in [2.24, 2.45) is 4.99 Å². The Morgan fingerprint density at radius 2 is 1.69 bits per heavy atom. The molecule has 2 rings (SSSR count). The van der Waals surface area contributed by atoms with Crippen LogP contribution in [-0.2, 0) is 16.6 Å². The molecule has 0 saturated heterocycles. The number of hydrogen-bond donors (Lipinski definition) is 2. The number of ether oxygens (including phenoxy) is 3. The van der Waals surface area contributed by atoms with E-state index in [0.717, 1.165) is 17.6 Å². The molecular formula is C20H27N3O5S. The van der Waals surface area contributed by atoms with Crippen LogP contribution in [0.15, 0.2) is 47.5 Å². The fraction of sp³-hybridized carbons (Fsp3) is 0.350. The van der Waals surface area contributed by atoms with Gasteiger partial charge in [-0.05, 0) is 43.7 Å². The summed E-state index contributed by atoms with van der Waals surface area (Å²) in [6, 6.07) is 12.6. The van der Waals surface area contributed by atoms with Crippen molar-refractivity contribution in [2.75, 3.05) is 25.8 Å². The van der Waals surface area contributed by atoms with Gasteiger partial charge in [-0.3, -0.25) is 4.72 Å². The van der Waals surface area contributed by atoms with Gasteiger partial charge in [-0.25, -0.2) is 13.4 Å². The summed E-state index contributed by atoms with van der Waals surface area (Å²) in [5, 5.41) is 2.97. The van der Waals surface area contributed by atoms with Crippen molar-refractivity contribution in [3.05, 3.63) is 48.0 Å². The molecule has 0 amide bonds. The highest BCUT2D eigenvalue weighted by atomic mass is 32.2. The average molecular weight is 422 g/mol. The summed E-state index contributed by atoms with van der Waals surface area (Å²) < 4.78 is 41.9. The number of nitrogens with one attached hydrogen (secondary N) is 2. The number of sulfonamides is 1. The van der Waals surface area contributed by atoms with Crippen LogP contribution in [0.1, 0.15) is 19.4 Å². The maximum atomic E-state index is 11.7. The summed E-state index contributed by atoms with van der Waals surface area (Å²) in [6.45, 7) is 4.20. The molecule has 0 unspecified atom stereocenters. The van der Waals surface area contributed by atoms with Crippen molar-refractivity contribution < 1.29 is 22.6 Å². The summed E-state index contributed by atoms with van der Waals surface area (Å²) in [5.41, 5.74) is 1.50. The number of anilines is 1. The fourth-order valence-corrected chi connectivity index (χ4v) is 2.91. The van der Waals surface area contributed by atoms with Gasteiger partial charge in [0.05, 0.1) is 33.1 Å². The number of aliphatic imine (C=N–C) groups is 1. The second kappa shape index (κ2) is 10.0. The van der Waals surface area contributed by atoms with Crippen molar-refractivity contribution >= 4 is 21.7 Å². The zero-order chi connectivity index (χ0) is 21.4. The third-order valence-corrected chi connectivity index (χ3v) is 4.21. The largest absolute Gasteiger partial charge is 0.493 e. The highest BCUT2D eigenvalue weighted by Crippen LogP contribution is 2.29. The Morgan fingerprint density at radius 1 is 1.03 bits per heavy atom. The molecule has 158 valence electrons. The van der Waals surface area contributed by atoms with E-state index in [9.17, 15) is 8.42 Å². The minimum atomic E-state index is -3.52. The van der Waals surface area contributed by atoms with Gasteiger partial charge in [-0.1, -0.05) is 12.1 Å². The van der Waals surface area contributed by atoms with Crippen LogP contribution in [-0.4, -0.2) is 41.0 Å². The molecule has 29 heavy (non-hydrogen) atoms. The maximum absolute atomic E-state index is 11.7. The molecule has 0 heterocycles. The van der Waals surface area contributed by atoms with Crippen LogP contribution in [0.4, 0.5) is 5.69 Å². The Kier molecular flexibility index (Phi) is 7.72. The van der Waals surface area contributed by atoms with Gasteiger partial charge >= 0.3 is 0 Å². The van der Waals surface area contributed by atoms with Crippen molar-refractivity contribution in [2.45, 2.75) is 26.5 Å². The number of hydrogen-bond acceptors (Lipinski definition) is 6. The lowest BCUT2D eigenvalue weighted by atomic mass is 10.2. The Balaban J connectivity index is 2.19. The summed E-state index contributed by atoms with van der Waals surface area (Å²) in [5.74, 6) is 1.95. The molecule has 2 aromatic rings. The van der Waals surface area contributed by atoms with Crippen LogP contribution in [0, 0.1) is 0 Å². The van der Waals surface area contributed by atoms with E-state index in [2.05, 4.69) is 15.0 Å². The van der Waals surface area contributed by atoms with Gasteiger partial charge in [-0.15, -0.1) is 0 Å². The van der Waals surface area contributed by atoms with Crippen molar-refractivity contribution in [3.63, 3.8) is 0 Å². The molecule has 0 aromatic heterocycles. The van der Waals surface area contributed by atoms with Crippen LogP contribution in [0.3, 0.4) is 0 Å². The van der Waals surface area contributed by atoms with E-state index in [1.165, 1.54) is 7.11 Å². The molecule has 0 aliphatic heterocycles. The smallest absolute Gasteiger partial charge is 0.232 e. The number of guanidine groups is 1. The van der Waals surface area contributed by atoms with Crippen LogP contribution in [0.25, 0.3) is 0 Å². The zero-order valence-corrected chi connectivity index (χ0v) is 18.0. The number of benzene rings is 2. The molecule has 0 atom stereocenters. The van der Waals surface area contributed by atoms with Crippen molar-refractivity contribution in [1.29, 1.82) is 0 Å². The molecule has 0 spiro atoms. The predicted molar refractivity (Wildman–Crippen MR) is 114 cm³/mol. The first-order valence-corrected chi connectivity index (χ1v) is 10.9. The molecule has 0 saturated carbocycles. The normalized spacial score (nSPS) is 11.9. The maximum Gasteiger partial charge on any atom is 0.232 e. The van der Waals surface area contributed by atoms with Crippen LogP contribution in [0.2, 0.25) is 0 Å². The lowest BCUT2D eigenvalue weighted by Crippen LogP contribution is -2.35. The molecule has 0 aliphatic rings. The molecule has 2 aromatic carbocycles. The first-order valence-electron chi connectivity index (χ1n) is 8.97. The summed E-state index contributed by atoms with van der Waals surface area (Å²) in [7, 11) is -0.448. The average Bonchev–Trinajstić information content (AvgIpc) is 2.65. The second-order valence-electron chi connectivity index (χ2n) is 6.54. The quantitative estimate of drug-likeness (QED) is 0.502. The minimum Gasteiger partial charge on any atom is -0.493 e. The van der Waals surface area contributed by atoms with Crippen LogP contribution >= 0.6 is 0 Å². The first-order chi connectivity index (χ1) is 13.7.